The number of hydrogen-bond donors (Lipinski definition) is 2. The van der Waals surface area contributed by atoms with Crippen LogP contribution >= 0.6 is 0 Å². The minimum atomic E-state index is -4.70. The Morgan fingerprint density at radius 3 is 2.32 bits per heavy atom. The van der Waals surface area contributed by atoms with Crippen molar-refractivity contribution in [1.29, 1.82) is 0 Å². The maximum absolute atomic E-state index is 13.3. The summed E-state index contributed by atoms with van der Waals surface area (Å²) in [5.74, 6) is -1.66. The number of nitro benzene ring substituents is 1. The van der Waals surface area contributed by atoms with Gasteiger partial charge in [-0.05, 0) is 28.8 Å². The van der Waals surface area contributed by atoms with E-state index in [2.05, 4.69) is 0 Å². The van der Waals surface area contributed by atoms with Gasteiger partial charge in [-0.2, -0.15) is 17.9 Å². The first-order valence-electron chi connectivity index (χ1n) is 7.69. The van der Waals surface area contributed by atoms with E-state index in [-0.39, 0.29) is 27.0 Å². The van der Waals surface area contributed by atoms with Gasteiger partial charge in [-0.25, -0.2) is 0 Å². The zero-order valence-corrected chi connectivity index (χ0v) is 13.8. The number of pyridine rings is 1. The van der Waals surface area contributed by atoms with E-state index >= 15 is 0 Å². The fourth-order valence-electron chi connectivity index (χ4n) is 2.73. The largest absolute Gasteiger partial charge is 0.619 e. The van der Waals surface area contributed by atoms with Crippen LogP contribution in [0.15, 0.2) is 54.9 Å². The Labute approximate surface area is 155 Å². The van der Waals surface area contributed by atoms with E-state index in [1.54, 1.807) is 0 Å². The number of aromatic hydroxyl groups is 2. The van der Waals surface area contributed by atoms with Crippen LogP contribution in [0.3, 0.4) is 0 Å². The predicted octanol–water partition coefficient (Wildman–Crippen LogP) is 3.99. The highest BCUT2D eigenvalue weighted by molar-refractivity contribution is 5.77. The van der Waals surface area contributed by atoms with Gasteiger partial charge in [0.05, 0.1) is 16.1 Å². The molecule has 3 aromatic rings. The molecule has 2 N–H and O–H groups in total. The molecule has 0 aliphatic heterocycles. The first kappa shape index (κ1) is 19.0. The molecule has 2 aromatic carbocycles. The fourth-order valence-corrected chi connectivity index (χ4v) is 2.73. The normalized spacial score (nSPS) is 11.4. The molecule has 0 radical (unpaired) electrons. The van der Waals surface area contributed by atoms with Crippen LogP contribution in [0.5, 0.6) is 11.5 Å². The van der Waals surface area contributed by atoms with Crippen molar-refractivity contribution in [2.24, 2.45) is 0 Å². The number of benzene rings is 2. The van der Waals surface area contributed by atoms with Gasteiger partial charge in [0.15, 0.2) is 18.1 Å². The monoisotopic (exact) mass is 392 g/mol. The van der Waals surface area contributed by atoms with Crippen LogP contribution in [0.25, 0.3) is 22.3 Å². The van der Waals surface area contributed by atoms with Crippen molar-refractivity contribution in [2.45, 2.75) is 6.18 Å². The van der Waals surface area contributed by atoms with Gasteiger partial charge in [-0.15, -0.1) is 0 Å². The molecule has 0 bridgehead atoms. The average molecular weight is 392 g/mol. The summed E-state index contributed by atoms with van der Waals surface area (Å²) >= 11 is 0. The van der Waals surface area contributed by atoms with E-state index in [4.69, 9.17) is 0 Å². The fraction of sp³-hybridized carbons (Fsp3) is 0.0556. The molecule has 10 heteroatoms. The minimum absolute atomic E-state index is 0.0465. The van der Waals surface area contributed by atoms with Crippen molar-refractivity contribution in [3.8, 4) is 33.8 Å². The zero-order valence-electron chi connectivity index (χ0n) is 13.8. The molecule has 144 valence electrons. The van der Waals surface area contributed by atoms with Crippen LogP contribution in [0.4, 0.5) is 18.9 Å². The molecule has 0 fully saturated rings. The molecule has 0 aliphatic rings. The van der Waals surface area contributed by atoms with Crippen LogP contribution in [0, 0.1) is 15.3 Å². The first-order valence-corrected chi connectivity index (χ1v) is 7.69. The van der Waals surface area contributed by atoms with Crippen LogP contribution in [-0.4, -0.2) is 15.1 Å². The third-order valence-electron chi connectivity index (χ3n) is 4.01. The summed E-state index contributed by atoms with van der Waals surface area (Å²) in [5.41, 5.74) is -1.76. The molecule has 0 amide bonds. The summed E-state index contributed by atoms with van der Waals surface area (Å²) in [4.78, 5) is 10.1. The standard InChI is InChI=1S/C18H11F3N2O5/c19-18(20,21)14-4-5-22(26)9-13(14)11-3-1-2-10(6-11)12-7-15(23(27)28)17(25)16(24)8-12/h1-9,24-25H. The lowest BCUT2D eigenvalue weighted by atomic mass is 9.96. The summed E-state index contributed by atoms with van der Waals surface area (Å²) in [7, 11) is 0. The quantitative estimate of drug-likeness (QED) is 0.230. The van der Waals surface area contributed by atoms with E-state index in [0.29, 0.717) is 6.07 Å². The van der Waals surface area contributed by atoms with E-state index in [1.807, 2.05) is 0 Å². The first-order chi connectivity index (χ1) is 13.1. The van der Waals surface area contributed by atoms with Gasteiger partial charge in [-0.1, -0.05) is 18.2 Å². The predicted molar refractivity (Wildman–Crippen MR) is 91.3 cm³/mol. The average Bonchev–Trinajstić information content (AvgIpc) is 2.62. The van der Waals surface area contributed by atoms with Crippen LogP contribution < -0.4 is 4.73 Å². The molecule has 0 unspecified atom stereocenters. The van der Waals surface area contributed by atoms with Crippen molar-refractivity contribution in [3.05, 3.63) is 75.7 Å². The van der Waals surface area contributed by atoms with Gasteiger partial charge in [0.25, 0.3) is 0 Å². The molecule has 0 saturated carbocycles. The number of alkyl halides is 3. The second-order valence-corrected chi connectivity index (χ2v) is 5.83. The molecule has 28 heavy (non-hydrogen) atoms. The van der Waals surface area contributed by atoms with Gasteiger partial charge in [0.1, 0.15) is 0 Å². The van der Waals surface area contributed by atoms with Crippen LogP contribution in [0.1, 0.15) is 5.56 Å². The number of phenols is 2. The number of aromatic nitrogens is 1. The third kappa shape index (κ3) is 3.52. The maximum atomic E-state index is 13.3. The minimum Gasteiger partial charge on any atom is -0.619 e. The Hall–Kier alpha value is -3.82. The Kier molecular flexibility index (Phi) is 4.55. The lowest BCUT2D eigenvalue weighted by molar-refractivity contribution is -0.605. The van der Waals surface area contributed by atoms with Gasteiger partial charge < -0.3 is 15.4 Å². The van der Waals surface area contributed by atoms with E-state index in [0.717, 1.165) is 24.5 Å². The van der Waals surface area contributed by atoms with Crippen molar-refractivity contribution in [1.82, 2.24) is 0 Å². The van der Waals surface area contributed by atoms with Crippen LogP contribution in [-0.2, 0) is 6.18 Å². The van der Waals surface area contributed by atoms with Crippen molar-refractivity contribution < 1.29 is 33.0 Å². The zero-order chi connectivity index (χ0) is 20.6. The second-order valence-electron chi connectivity index (χ2n) is 5.83. The van der Waals surface area contributed by atoms with Crippen molar-refractivity contribution in [2.75, 3.05) is 0 Å². The molecule has 1 heterocycles. The number of nitro groups is 1. The molecular formula is C18H11F3N2O5. The lowest BCUT2D eigenvalue weighted by Gasteiger charge is -2.13. The highest BCUT2D eigenvalue weighted by Crippen LogP contribution is 2.41. The topological polar surface area (TPSA) is 111 Å². The van der Waals surface area contributed by atoms with Gasteiger partial charge in [0.2, 0.25) is 5.75 Å². The van der Waals surface area contributed by atoms with Gasteiger partial charge in [-0.3, -0.25) is 10.1 Å². The van der Waals surface area contributed by atoms with E-state index in [9.17, 15) is 38.7 Å². The summed E-state index contributed by atoms with van der Waals surface area (Å²) < 4.78 is 40.1. The number of nitrogens with zero attached hydrogens (tertiary/aromatic N) is 2. The Bertz CT molecular complexity index is 1080. The summed E-state index contributed by atoms with van der Waals surface area (Å²) in [5, 5.41) is 41.8. The molecule has 0 spiro atoms. The van der Waals surface area contributed by atoms with Crippen LogP contribution in [0.2, 0.25) is 0 Å². The Balaban J connectivity index is 2.18. The number of rotatable bonds is 3. The molecule has 7 nitrogen and oxygen atoms in total. The highest BCUT2D eigenvalue weighted by atomic mass is 19.4. The molecule has 0 saturated heterocycles. The SMILES string of the molecule is O=[N+]([O-])c1cc(-c2cccc(-c3c[n+]([O-])ccc3C(F)(F)F)c2)cc(O)c1O. The summed E-state index contributed by atoms with van der Waals surface area (Å²) in [6, 6.07) is 8.20. The van der Waals surface area contributed by atoms with Gasteiger partial charge in [0, 0.05) is 12.1 Å². The lowest BCUT2D eigenvalue weighted by Crippen LogP contribution is -2.26. The summed E-state index contributed by atoms with van der Waals surface area (Å²) in [6.07, 6.45) is -3.19. The van der Waals surface area contributed by atoms with Crippen molar-refractivity contribution >= 4 is 5.69 Å². The highest BCUT2D eigenvalue weighted by Gasteiger charge is 2.35. The van der Waals surface area contributed by atoms with E-state index < -0.39 is 33.8 Å². The molecule has 3 rings (SSSR count). The number of hydrogen-bond acceptors (Lipinski definition) is 5. The number of halogens is 3. The molecular weight excluding hydrogens is 381 g/mol. The molecule has 0 aliphatic carbocycles. The smallest absolute Gasteiger partial charge is 0.417 e. The maximum Gasteiger partial charge on any atom is 0.417 e. The van der Waals surface area contributed by atoms with Gasteiger partial charge >= 0.3 is 11.9 Å². The summed E-state index contributed by atoms with van der Waals surface area (Å²) in [6.45, 7) is 0. The molecule has 1 aromatic heterocycles. The van der Waals surface area contributed by atoms with Crippen molar-refractivity contribution in [3.63, 3.8) is 0 Å². The second kappa shape index (κ2) is 6.72. The third-order valence-corrected chi connectivity index (χ3v) is 4.01. The Morgan fingerprint density at radius 1 is 1.00 bits per heavy atom. The Morgan fingerprint density at radius 2 is 1.68 bits per heavy atom. The number of phenolic OH excluding ortho intramolecular Hbond substituents is 2. The molecule has 0 atom stereocenters. The van der Waals surface area contributed by atoms with E-state index in [1.165, 1.54) is 24.3 Å².